The number of nitrogens with zero attached hydrogens (tertiary/aromatic N) is 3. The lowest BCUT2D eigenvalue weighted by Crippen LogP contribution is -1.94. The van der Waals surface area contributed by atoms with Gasteiger partial charge in [0.15, 0.2) is 5.13 Å². The van der Waals surface area contributed by atoms with Gasteiger partial charge in [-0.15, -0.1) is 11.3 Å². The van der Waals surface area contributed by atoms with Crippen LogP contribution in [0.3, 0.4) is 0 Å². The molecule has 5 heteroatoms. The van der Waals surface area contributed by atoms with Gasteiger partial charge in [-0.25, -0.2) is 9.97 Å². The van der Waals surface area contributed by atoms with Crippen LogP contribution in [0.2, 0.25) is 0 Å². The third kappa shape index (κ3) is 2.10. The maximum atomic E-state index is 5.58. The minimum Gasteiger partial charge on any atom is -0.375 e. The van der Waals surface area contributed by atoms with Gasteiger partial charge >= 0.3 is 0 Å². The van der Waals surface area contributed by atoms with Crippen molar-refractivity contribution in [2.75, 3.05) is 5.73 Å². The van der Waals surface area contributed by atoms with E-state index in [9.17, 15) is 0 Å². The van der Waals surface area contributed by atoms with Crippen molar-refractivity contribution in [3.05, 3.63) is 28.8 Å². The summed E-state index contributed by atoms with van der Waals surface area (Å²) in [4.78, 5) is 8.60. The molecular formula is C12H14N4S. The molecule has 2 N–H and O–H groups in total. The van der Waals surface area contributed by atoms with Gasteiger partial charge in [-0.2, -0.15) is 0 Å². The molecule has 1 aliphatic carbocycles. The van der Waals surface area contributed by atoms with E-state index in [-0.39, 0.29) is 0 Å². The lowest BCUT2D eigenvalue weighted by molar-refractivity contribution is 0.717. The molecule has 2 heterocycles. The van der Waals surface area contributed by atoms with Gasteiger partial charge in [0.1, 0.15) is 0 Å². The number of aromatic nitrogens is 3. The highest BCUT2D eigenvalue weighted by atomic mass is 32.1. The molecule has 2 aromatic rings. The number of hydrogen-bond donors (Lipinski definition) is 1. The second kappa shape index (κ2) is 4.00. The number of imidazole rings is 1. The summed E-state index contributed by atoms with van der Waals surface area (Å²) >= 11 is 1.45. The van der Waals surface area contributed by atoms with E-state index in [1.807, 2.05) is 23.9 Å². The van der Waals surface area contributed by atoms with E-state index in [1.54, 1.807) is 0 Å². The minimum atomic E-state index is 0.602. The molecule has 3 rings (SSSR count). The van der Waals surface area contributed by atoms with E-state index in [2.05, 4.69) is 21.5 Å². The quantitative estimate of drug-likeness (QED) is 0.906. The summed E-state index contributed by atoms with van der Waals surface area (Å²) in [7, 11) is 0. The minimum absolute atomic E-state index is 0.602. The third-order valence-electron chi connectivity index (χ3n) is 2.97. The predicted octanol–water partition coefficient (Wildman–Crippen LogP) is 2.74. The van der Waals surface area contributed by atoms with Crippen molar-refractivity contribution in [3.8, 4) is 0 Å². The summed E-state index contributed by atoms with van der Waals surface area (Å²) in [5.74, 6) is 0. The van der Waals surface area contributed by atoms with E-state index in [1.165, 1.54) is 29.9 Å². The molecule has 88 valence electrons. The Bertz CT molecular complexity index is 563. The van der Waals surface area contributed by atoms with Crippen LogP contribution in [0.5, 0.6) is 0 Å². The molecular weight excluding hydrogens is 232 g/mol. The van der Waals surface area contributed by atoms with Gasteiger partial charge in [0.25, 0.3) is 0 Å². The topological polar surface area (TPSA) is 56.7 Å². The summed E-state index contributed by atoms with van der Waals surface area (Å²) in [5, 5.41) is 2.55. The highest BCUT2D eigenvalue weighted by molar-refractivity contribution is 7.13. The first-order valence-corrected chi connectivity index (χ1v) is 6.54. The van der Waals surface area contributed by atoms with E-state index in [0.717, 1.165) is 11.4 Å². The van der Waals surface area contributed by atoms with Crippen LogP contribution in [0, 0.1) is 6.92 Å². The van der Waals surface area contributed by atoms with Gasteiger partial charge in [-0.05, 0) is 31.9 Å². The molecule has 0 atom stereocenters. The molecule has 0 amide bonds. The first-order chi connectivity index (χ1) is 8.24. The van der Waals surface area contributed by atoms with Gasteiger partial charge in [0, 0.05) is 17.1 Å². The Labute approximate surface area is 104 Å². The second-order valence-electron chi connectivity index (χ2n) is 4.30. The molecule has 0 saturated heterocycles. The van der Waals surface area contributed by atoms with Crippen molar-refractivity contribution in [1.82, 2.24) is 14.5 Å². The normalized spacial score (nSPS) is 15.8. The average molecular weight is 246 g/mol. The van der Waals surface area contributed by atoms with Gasteiger partial charge in [0.05, 0.1) is 17.7 Å². The number of nitrogens with two attached hydrogens (primary N) is 1. The molecule has 0 unspecified atom stereocenters. The number of rotatable bonds is 3. The van der Waals surface area contributed by atoms with Crippen molar-refractivity contribution >= 4 is 28.6 Å². The Balaban J connectivity index is 1.82. The van der Waals surface area contributed by atoms with E-state index < -0.39 is 0 Å². The van der Waals surface area contributed by atoms with Crippen LogP contribution in [0.15, 0.2) is 11.7 Å². The van der Waals surface area contributed by atoms with Crippen LogP contribution < -0.4 is 5.73 Å². The van der Waals surface area contributed by atoms with Crippen LogP contribution in [0.25, 0.3) is 12.2 Å². The van der Waals surface area contributed by atoms with Gasteiger partial charge in [0.2, 0.25) is 0 Å². The van der Waals surface area contributed by atoms with E-state index in [4.69, 9.17) is 5.73 Å². The van der Waals surface area contributed by atoms with Crippen molar-refractivity contribution in [1.29, 1.82) is 0 Å². The molecule has 1 aliphatic rings. The fourth-order valence-electron chi connectivity index (χ4n) is 1.86. The Morgan fingerprint density at radius 1 is 1.47 bits per heavy atom. The molecule has 1 saturated carbocycles. The SMILES string of the molecule is Cc1c(/C=C/c2csc(N)n2)ncn1C1CC1. The molecule has 0 aromatic carbocycles. The molecule has 2 aromatic heterocycles. The molecule has 17 heavy (non-hydrogen) atoms. The van der Waals surface area contributed by atoms with Crippen molar-refractivity contribution in [2.24, 2.45) is 0 Å². The van der Waals surface area contributed by atoms with Gasteiger partial charge in [-0.1, -0.05) is 0 Å². The molecule has 0 radical (unpaired) electrons. The lowest BCUT2D eigenvalue weighted by atomic mass is 10.3. The van der Waals surface area contributed by atoms with E-state index >= 15 is 0 Å². The zero-order valence-corrected chi connectivity index (χ0v) is 10.4. The van der Waals surface area contributed by atoms with Crippen LogP contribution in [0.4, 0.5) is 5.13 Å². The van der Waals surface area contributed by atoms with Crippen molar-refractivity contribution in [2.45, 2.75) is 25.8 Å². The third-order valence-corrected chi connectivity index (χ3v) is 3.66. The van der Waals surface area contributed by atoms with Gasteiger partial charge < -0.3 is 10.3 Å². The molecule has 0 bridgehead atoms. The Morgan fingerprint density at radius 2 is 2.29 bits per heavy atom. The summed E-state index contributed by atoms with van der Waals surface area (Å²) in [6.45, 7) is 2.11. The van der Waals surface area contributed by atoms with Crippen molar-refractivity contribution < 1.29 is 0 Å². The highest BCUT2D eigenvalue weighted by Crippen LogP contribution is 2.36. The Morgan fingerprint density at radius 3 is 2.94 bits per heavy atom. The van der Waals surface area contributed by atoms with Crippen LogP contribution in [-0.2, 0) is 0 Å². The average Bonchev–Trinajstić information content (AvgIpc) is 2.97. The van der Waals surface area contributed by atoms with Crippen LogP contribution >= 0.6 is 11.3 Å². The fraction of sp³-hybridized carbons (Fsp3) is 0.333. The number of hydrogen-bond acceptors (Lipinski definition) is 4. The standard InChI is InChI=1S/C12H14N4S/c1-8-11(14-7-16(8)10-3-4-10)5-2-9-6-17-12(13)15-9/h2,5-7,10H,3-4H2,1H3,(H2,13,15)/b5-2+. The number of nitrogen functional groups attached to an aromatic ring is 1. The summed E-state index contributed by atoms with van der Waals surface area (Å²) < 4.78 is 2.26. The smallest absolute Gasteiger partial charge is 0.180 e. The zero-order chi connectivity index (χ0) is 11.8. The number of thiazole rings is 1. The monoisotopic (exact) mass is 246 g/mol. The Hall–Kier alpha value is -1.62. The summed E-state index contributed by atoms with van der Waals surface area (Å²) in [6, 6.07) is 0.680. The maximum absolute atomic E-state index is 5.58. The molecule has 0 aliphatic heterocycles. The highest BCUT2D eigenvalue weighted by Gasteiger charge is 2.25. The zero-order valence-electron chi connectivity index (χ0n) is 9.63. The largest absolute Gasteiger partial charge is 0.375 e. The number of anilines is 1. The lowest BCUT2D eigenvalue weighted by Gasteiger charge is -2.00. The predicted molar refractivity (Wildman–Crippen MR) is 70.7 cm³/mol. The van der Waals surface area contributed by atoms with Crippen LogP contribution in [-0.4, -0.2) is 14.5 Å². The molecule has 4 nitrogen and oxygen atoms in total. The van der Waals surface area contributed by atoms with Crippen molar-refractivity contribution in [3.63, 3.8) is 0 Å². The first-order valence-electron chi connectivity index (χ1n) is 5.66. The summed E-state index contributed by atoms with van der Waals surface area (Å²) in [6.07, 6.45) is 8.45. The first kappa shape index (κ1) is 10.5. The summed E-state index contributed by atoms with van der Waals surface area (Å²) in [5.41, 5.74) is 8.73. The van der Waals surface area contributed by atoms with Crippen LogP contribution in [0.1, 0.15) is 36.0 Å². The molecule has 1 fully saturated rings. The fourth-order valence-corrected chi connectivity index (χ4v) is 2.39. The molecule has 0 spiro atoms. The Kier molecular flexibility index (Phi) is 2.48. The second-order valence-corrected chi connectivity index (χ2v) is 5.19. The van der Waals surface area contributed by atoms with E-state index in [0.29, 0.717) is 11.2 Å². The van der Waals surface area contributed by atoms with Gasteiger partial charge in [-0.3, -0.25) is 0 Å². The maximum Gasteiger partial charge on any atom is 0.180 e.